The van der Waals surface area contributed by atoms with Crippen LogP contribution >= 0.6 is 0 Å². The molecule has 20 heavy (non-hydrogen) atoms. The van der Waals surface area contributed by atoms with Crippen LogP contribution in [0.3, 0.4) is 0 Å². The number of anilines is 1. The zero-order valence-electron chi connectivity index (χ0n) is 12.7. The molecule has 1 aromatic carbocycles. The first-order chi connectivity index (χ1) is 9.67. The number of nitrogens with one attached hydrogen (secondary N) is 2. The van der Waals surface area contributed by atoms with E-state index in [4.69, 9.17) is 4.74 Å². The molecular formula is C16H26N2O2. The third-order valence-electron chi connectivity index (χ3n) is 3.15. The van der Waals surface area contributed by atoms with Gasteiger partial charge in [-0.2, -0.15) is 0 Å². The molecule has 1 atom stereocenters. The summed E-state index contributed by atoms with van der Waals surface area (Å²) in [7, 11) is 1.64. The van der Waals surface area contributed by atoms with E-state index < -0.39 is 0 Å². The zero-order valence-corrected chi connectivity index (χ0v) is 12.7. The van der Waals surface area contributed by atoms with Crippen LogP contribution in [0.4, 0.5) is 5.69 Å². The van der Waals surface area contributed by atoms with Crippen LogP contribution < -0.4 is 10.6 Å². The van der Waals surface area contributed by atoms with Gasteiger partial charge in [0.15, 0.2) is 0 Å². The number of benzene rings is 1. The Morgan fingerprint density at radius 3 is 2.60 bits per heavy atom. The van der Waals surface area contributed by atoms with Crippen LogP contribution in [-0.4, -0.2) is 26.2 Å². The van der Waals surface area contributed by atoms with Gasteiger partial charge in [-0.3, -0.25) is 4.79 Å². The summed E-state index contributed by atoms with van der Waals surface area (Å²) in [6.07, 6.45) is 2.36. The molecule has 0 aromatic heterocycles. The molecule has 0 spiro atoms. The van der Waals surface area contributed by atoms with Crippen LogP contribution in [0.1, 0.15) is 44.7 Å². The highest BCUT2D eigenvalue weighted by Gasteiger charge is 2.05. The Labute approximate surface area is 121 Å². The Morgan fingerprint density at radius 2 is 2.00 bits per heavy atom. The Morgan fingerprint density at radius 1 is 1.30 bits per heavy atom. The van der Waals surface area contributed by atoms with Crippen molar-refractivity contribution >= 4 is 11.6 Å². The highest BCUT2D eigenvalue weighted by atomic mass is 16.5. The van der Waals surface area contributed by atoms with E-state index in [0.29, 0.717) is 19.1 Å². The molecule has 1 unspecified atom stereocenters. The van der Waals surface area contributed by atoms with Crippen LogP contribution in [0.25, 0.3) is 0 Å². The van der Waals surface area contributed by atoms with E-state index in [1.807, 2.05) is 12.1 Å². The highest BCUT2D eigenvalue weighted by Crippen LogP contribution is 2.16. The van der Waals surface area contributed by atoms with E-state index in [-0.39, 0.29) is 5.91 Å². The maximum atomic E-state index is 11.7. The first-order valence-corrected chi connectivity index (χ1v) is 7.29. The van der Waals surface area contributed by atoms with E-state index >= 15 is 0 Å². The van der Waals surface area contributed by atoms with Gasteiger partial charge in [-0.15, -0.1) is 0 Å². The topological polar surface area (TPSA) is 50.4 Å². The molecule has 0 heterocycles. The molecule has 0 radical (unpaired) electrons. The lowest BCUT2D eigenvalue weighted by Gasteiger charge is -2.14. The Balaban J connectivity index is 2.43. The highest BCUT2D eigenvalue weighted by molar-refractivity contribution is 5.90. The zero-order chi connectivity index (χ0) is 14.8. The largest absolute Gasteiger partial charge is 0.385 e. The van der Waals surface area contributed by atoms with Crippen LogP contribution in [0.15, 0.2) is 24.3 Å². The van der Waals surface area contributed by atoms with E-state index in [2.05, 4.69) is 36.6 Å². The summed E-state index contributed by atoms with van der Waals surface area (Å²) in [5.74, 6) is 0.0342. The first-order valence-electron chi connectivity index (χ1n) is 7.29. The predicted molar refractivity (Wildman–Crippen MR) is 82.9 cm³/mol. The minimum absolute atomic E-state index is 0.0342. The van der Waals surface area contributed by atoms with E-state index in [1.54, 1.807) is 7.11 Å². The van der Waals surface area contributed by atoms with Crippen LogP contribution in [0, 0.1) is 0 Å². The van der Waals surface area contributed by atoms with Crippen LogP contribution in [-0.2, 0) is 9.53 Å². The predicted octanol–water partition coefficient (Wildman–Crippen LogP) is 3.11. The molecule has 0 aliphatic heterocycles. The Kier molecular flexibility index (Phi) is 7.92. The molecule has 2 N–H and O–H groups in total. The second-order valence-corrected chi connectivity index (χ2v) is 4.94. The lowest BCUT2D eigenvalue weighted by Crippen LogP contribution is -2.19. The number of rotatable bonds is 9. The number of ether oxygens (including phenoxy) is 1. The van der Waals surface area contributed by atoms with Gasteiger partial charge in [0, 0.05) is 31.9 Å². The molecular weight excluding hydrogens is 252 g/mol. The molecule has 0 aliphatic carbocycles. The van der Waals surface area contributed by atoms with Crippen molar-refractivity contribution in [2.45, 2.75) is 39.2 Å². The molecule has 1 amide bonds. The third kappa shape index (κ3) is 6.17. The van der Waals surface area contributed by atoms with Crippen LogP contribution in [0.2, 0.25) is 0 Å². The molecule has 4 heteroatoms. The average Bonchev–Trinajstić information content (AvgIpc) is 2.46. The van der Waals surface area contributed by atoms with Crippen molar-refractivity contribution in [3.63, 3.8) is 0 Å². The fourth-order valence-corrected chi connectivity index (χ4v) is 1.93. The second kappa shape index (κ2) is 9.50. The van der Waals surface area contributed by atoms with Crippen molar-refractivity contribution in [3.8, 4) is 0 Å². The van der Waals surface area contributed by atoms with Gasteiger partial charge in [0.05, 0.1) is 0 Å². The van der Waals surface area contributed by atoms with Crippen molar-refractivity contribution in [3.05, 3.63) is 29.8 Å². The summed E-state index contributed by atoms with van der Waals surface area (Å²) in [6.45, 7) is 5.93. The number of carbonyl (C=O) groups is 1. The number of amides is 1. The first kappa shape index (κ1) is 16.7. The lowest BCUT2D eigenvalue weighted by molar-refractivity contribution is -0.116. The number of hydrogen-bond donors (Lipinski definition) is 2. The Hall–Kier alpha value is -1.39. The lowest BCUT2D eigenvalue weighted by atomic mass is 10.1. The SMILES string of the molecule is CCCNC(C)c1ccc(NC(=O)CCCOC)cc1. The summed E-state index contributed by atoms with van der Waals surface area (Å²) >= 11 is 0. The monoisotopic (exact) mass is 278 g/mol. The van der Waals surface area contributed by atoms with Gasteiger partial charge < -0.3 is 15.4 Å². The van der Waals surface area contributed by atoms with Gasteiger partial charge in [0.25, 0.3) is 0 Å². The molecule has 4 nitrogen and oxygen atoms in total. The normalized spacial score (nSPS) is 12.2. The minimum Gasteiger partial charge on any atom is -0.385 e. The van der Waals surface area contributed by atoms with Crippen molar-refractivity contribution in [1.82, 2.24) is 5.32 Å². The summed E-state index contributed by atoms with van der Waals surface area (Å²) in [5, 5.41) is 6.34. The molecule has 0 saturated heterocycles. The van der Waals surface area contributed by atoms with E-state index in [0.717, 1.165) is 25.1 Å². The van der Waals surface area contributed by atoms with E-state index in [9.17, 15) is 4.79 Å². The molecule has 112 valence electrons. The minimum atomic E-state index is 0.0342. The summed E-state index contributed by atoms with van der Waals surface area (Å²) in [4.78, 5) is 11.7. The van der Waals surface area contributed by atoms with Gasteiger partial charge in [-0.25, -0.2) is 0 Å². The summed E-state index contributed by atoms with van der Waals surface area (Å²) in [6, 6.07) is 8.35. The van der Waals surface area contributed by atoms with Crippen molar-refractivity contribution in [2.75, 3.05) is 25.6 Å². The van der Waals surface area contributed by atoms with Gasteiger partial charge in [0.2, 0.25) is 5.91 Å². The van der Waals surface area contributed by atoms with Gasteiger partial charge in [0.1, 0.15) is 0 Å². The quantitative estimate of drug-likeness (QED) is 0.682. The third-order valence-corrected chi connectivity index (χ3v) is 3.15. The fraction of sp³-hybridized carbons (Fsp3) is 0.562. The average molecular weight is 278 g/mol. The van der Waals surface area contributed by atoms with Gasteiger partial charge in [-0.1, -0.05) is 19.1 Å². The molecule has 0 aliphatic rings. The number of methoxy groups -OCH3 is 1. The van der Waals surface area contributed by atoms with Gasteiger partial charge >= 0.3 is 0 Å². The summed E-state index contributed by atoms with van der Waals surface area (Å²) < 4.78 is 4.93. The standard InChI is InChI=1S/C16H26N2O2/c1-4-11-17-13(2)14-7-9-15(10-8-14)18-16(19)6-5-12-20-3/h7-10,13,17H,4-6,11-12H2,1-3H3,(H,18,19). The molecule has 1 rings (SSSR count). The molecule has 0 fully saturated rings. The van der Waals surface area contributed by atoms with E-state index in [1.165, 1.54) is 5.56 Å². The van der Waals surface area contributed by atoms with Crippen molar-refractivity contribution < 1.29 is 9.53 Å². The van der Waals surface area contributed by atoms with Gasteiger partial charge in [-0.05, 0) is 44.0 Å². The van der Waals surface area contributed by atoms with Crippen molar-refractivity contribution in [1.29, 1.82) is 0 Å². The summed E-state index contributed by atoms with van der Waals surface area (Å²) in [5.41, 5.74) is 2.08. The maximum absolute atomic E-state index is 11.7. The maximum Gasteiger partial charge on any atom is 0.224 e. The van der Waals surface area contributed by atoms with Crippen molar-refractivity contribution in [2.24, 2.45) is 0 Å². The fourth-order valence-electron chi connectivity index (χ4n) is 1.93. The number of carbonyl (C=O) groups excluding carboxylic acids is 1. The smallest absolute Gasteiger partial charge is 0.224 e. The Bertz CT molecular complexity index is 390. The number of hydrogen-bond acceptors (Lipinski definition) is 3. The molecule has 0 bridgehead atoms. The second-order valence-electron chi connectivity index (χ2n) is 4.94. The van der Waals surface area contributed by atoms with Crippen LogP contribution in [0.5, 0.6) is 0 Å². The molecule has 1 aromatic rings. The molecule has 0 saturated carbocycles.